The Balaban J connectivity index is 3.48. The van der Waals surface area contributed by atoms with Gasteiger partial charge in [0.05, 0.1) is 6.61 Å². The van der Waals surface area contributed by atoms with Gasteiger partial charge in [-0.15, -0.1) is 0 Å². The van der Waals surface area contributed by atoms with E-state index >= 15 is 0 Å². The molecule has 0 aliphatic carbocycles. The van der Waals surface area contributed by atoms with Gasteiger partial charge >= 0.3 is 0 Å². The quantitative estimate of drug-likeness (QED) is 0.656. The van der Waals surface area contributed by atoms with Crippen molar-refractivity contribution in [1.82, 2.24) is 5.32 Å². The molecule has 14 heavy (non-hydrogen) atoms. The summed E-state index contributed by atoms with van der Waals surface area (Å²) < 4.78 is 0. The minimum absolute atomic E-state index is 0.246. The van der Waals surface area contributed by atoms with Gasteiger partial charge in [0.1, 0.15) is 0 Å². The molecule has 0 aromatic heterocycles. The van der Waals surface area contributed by atoms with Crippen LogP contribution < -0.4 is 5.32 Å². The first-order valence-corrected chi connectivity index (χ1v) is 6.70. The predicted octanol–water partition coefficient (Wildman–Crippen LogP) is 2.12. The van der Waals surface area contributed by atoms with Gasteiger partial charge < -0.3 is 10.4 Å². The molecule has 0 heterocycles. The fraction of sp³-hybridized carbons (Fsp3) is 1.00. The van der Waals surface area contributed by atoms with Crippen molar-refractivity contribution in [2.75, 3.05) is 18.1 Å². The second-order valence-corrected chi connectivity index (χ2v) is 5.36. The van der Waals surface area contributed by atoms with Crippen LogP contribution in [0.5, 0.6) is 0 Å². The van der Waals surface area contributed by atoms with Crippen molar-refractivity contribution in [1.29, 1.82) is 0 Å². The molecule has 3 heteroatoms. The number of hydrogen-bond acceptors (Lipinski definition) is 3. The van der Waals surface area contributed by atoms with Crippen molar-refractivity contribution in [2.24, 2.45) is 5.92 Å². The van der Waals surface area contributed by atoms with Gasteiger partial charge in [-0.05, 0) is 25.0 Å². The van der Waals surface area contributed by atoms with E-state index in [4.69, 9.17) is 5.11 Å². The Morgan fingerprint density at radius 2 is 1.86 bits per heavy atom. The highest BCUT2D eigenvalue weighted by molar-refractivity contribution is 7.99. The Morgan fingerprint density at radius 1 is 1.21 bits per heavy atom. The van der Waals surface area contributed by atoms with Crippen LogP contribution in [0, 0.1) is 5.92 Å². The zero-order valence-electron chi connectivity index (χ0n) is 9.92. The average molecular weight is 219 g/mol. The first-order chi connectivity index (χ1) is 6.60. The van der Waals surface area contributed by atoms with Crippen molar-refractivity contribution in [3.8, 4) is 0 Å². The summed E-state index contributed by atoms with van der Waals surface area (Å²) >= 11 is 1.99. The van der Waals surface area contributed by atoms with Crippen molar-refractivity contribution >= 4 is 11.8 Å². The van der Waals surface area contributed by atoms with Crippen LogP contribution in [0.4, 0.5) is 0 Å². The summed E-state index contributed by atoms with van der Waals surface area (Å²) in [5.41, 5.74) is 0. The lowest BCUT2D eigenvalue weighted by Gasteiger charge is -2.20. The van der Waals surface area contributed by atoms with E-state index in [2.05, 4.69) is 33.0 Å². The van der Waals surface area contributed by atoms with Gasteiger partial charge in [-0.25, -0.2) is 0 Å². The van der Waals surface area contributed by atoms with E-state index in [0.29, 0.717) is 6.04 Å². The van der Waals surface area contributed by atoms with Crippen LogP contribution in [-0.2, 0) is 0 Å². The van der Waals surface area contributed by atoms with Gasteiger partial charge in [-0.3, -0.25) is 0 Å². The minimum atomic E-state index is 0.246. The van der Waals surface area contributed by atoms with Crippen LogP contribution in [0.2, 0.25) is 0 Å². The molecule has 2 N–H and O–H groups in total. The lowest BCUT2D eigenvalue weighted by molar-refractivity contribution is 0.232. The number of aliphatic hydroxyl groups is 1. The number of rotatable bonds is 8. The largest absolute Gasteiger partial charge is 0.395 e. The molecule has 0 radical (unpaired) electrons. The Labute approximate surface area is 92.9 Å². The monoisotopic (exact) mass is 219 g/mol. The third kappa shape index (κ3) is 7.65. The summed E-state index contributed by atoms with van der Waals surface area (Å²) in [6.45, 7) is 9.02. The van der Waals surface area contributed by atoms with Gasteiger partial charge in [0.15, 0.2) is 0 Å². The van der Waals surface area contributed by atoms with E-state index in [1.165, 1.54) is 5.75 Å². The number of nitrogens with one attached hydrogen (secondary N) is 1. The SMILES string of the molecule is CC[C@H](CO)NC(C)CSCC(C)C. The van der Waals surface area contributed by atoms with Gasteiger partial charge in [0.25, 0.3) is 0 Å². The molecule has 1 unspecified atom stereocenters. The number of hydrogen-bond donors (Lipinski definition) is 2. The standard InChI is InChI=1S/C11H25NOS/c1-5-11(6-13)12-10(4)8-14-7-9(2)3/h9-13H,5-8H2,1-4H3/t10?,11-/m1/s1. The Hall–Kier alpha value is 0.270. The molecule has 0 fully saturated rings. The third-order valence-electron chi connectivity index (χ3n) is 2.05. The van der Waals surface area contributed by atoms with E-state index < -0.39 is 0 Å². The summed E-state index contributed by atoms with van der Waals surface area (Å²) in [5.74, 6) is 3.13. The molecule has 0 spiro atoms. The van der Waals surface area contributed by atoms with Crippen LogP contribution in [0.1, 0.15) is 34.1 Å². The topological polar surface area (TPSA) is 32.3 Å². The van der Waals surface area contributed by atoms with Crippen LogP contribution in [0.25, 0.3) is 0 Å². The molecule has 86 valence electrons. The number of aliphatic hydroxyl groups excluding tert-OH is 1. The highest BCUT2D eigenvalue weighted by atomic mass is 32.2. The van der Waals surface area contributed by atoms with Crippen LogP contribution in [-0.4, -0.2) is 35.3 Å². The fourth-order valence-electron chi connectivity index (χ4n) is 1.23. The predicted molar refractivity (Wildman–Crippen MR) is 65.9 cm³/mol. The van der Waals surface area contributed by atoms with E-state index in [9.17, 15) is 0 Å². The summed E-state index contributed by atoms with van der Waals surface area (Å²) in [7, 11) is 0. The molecule has 0 rings (SSSR count). The molecule has 0 aromatic carbocycles. The smallest absolute Gasteiger partial charge is 0.0584 e. The molecule has 0 saturated carbocycles. The third-order valence-corrected chi connectivity index (χ3v) is 3.69. The Kier molecular flexibility index (Phi) is 8.73. The van der Waals surface area contributed by atoms with E-state index in [0.717, 1.165) is 18.1 Å². The summed E-state index contributed by atoms with van der Waals surface area (Å²) in [5, 5.41) is 12.4. The first-order valence-electron chi connectivity index (χ1n) is 5.54. The fourth-order valence-corrected chi connectivity index (χ4v) is 2.29. The molecule has 2 atom stereocenters. The van der Waals surface area contributed by atoms with Crippen molar-refractivity contribution in [2.45, 2.75) is 46.2 Å². The van der Waals surface area contributed by atoms with Gasteiger partial charge in [-0.2, -0.15) is 11.8 Å². The van der Waals surface area contributed by atoms with Gasteiger partial charge in [0, 0.05) is 17.8 Å². The molecule has 0 aliphatic heterocycles. The minimum Gasteiger partial charge on any atom is -0.395 e. The van der Waals surface area contributed by atoms with E-state index in [1.807, 2.05) is 11.8 Å². The maximum absolute atomic E-state index is 9.02. The highest BCUT2D eigenvalue weighted by Gasteiger charge is 2.08. The summed E-state index contributed by atoms with van der Waals surface area (Å²) in [4.78, 5) is 0. The molecule has 0 amide bonds. The van der Waals surface area contributed by atoms with Crippen molar-refractivity contribution in [3.05, 3.63) is 0 Å². The van der Waals surface area contributed by atoms with E-state index in [-0.39, 0.29) is 12.6 Å². The first kappa shape index (κ1) is 14.3. The summed E-state index contributed by atoms with van der Waals surface area (Å²) in [6, 6.07) is 0.764. The van der Waals surface area contributed by atoms with Gasteiger partial charge in [-0.1, -0.05) is 20.8 Å². The Bertz CT molecular complexity index is 126. The second kappa shape index (κ2) is 8.57. The molecule has 0 aromatic rings. The molecule has 0 bridgehead atoms. The maximum atomic E-state index is 9.02. The zero-order valence-corrected chi connectivity index (χ0v) is 10.7. The maximum Gasteiger partial charge on any atom is 0.0584 e. The number of thioether (sulfide) groups is 1. The molecular formula is C11H25NOS. The molecule has 0 saturated heterocycles. The Morgan fingerprint density at radius 3 is 2.29 bits per heavy atom. The molecule has 0 aliphatic rings. The van der Waals surface area contributed by atoms with Gasteiger partial charge in [0.2, 0.25) is 0 Å². The second-order valence-electron chi connectivity index (χ2n) is 4.29. The lowest BCUT2D eigenvalue weighted by atomic mass is 10.2. The van der Waals surface area contributed by atoms with Crippen LogP contribution >= 0.6 is 11.8 Å². The summed E-state index contributed by atoms with van der Waals surface area (Å²) in [6.07, 6.45) is 0.996. The van der Waals surface area contributed by atoms with Crippen molar-refractivity contribution in [3.63, 3.8) is 0 Å². The molecular weight excluding hydrogens is 194 g/mol. The normalized spacial score (nSPS) is 15.9. The van der Waals surface area contributed by atoms with Crippen LogP contribution in [0.3, 0.4) is 0 Å². The van der Waals surface area contributed by atoms with E-state index in [1.54, 1.807) is 0 Å². The highest BCUT2D eigenvalue weighted by Crippen LogP contribution is 2.09. The average Bonchev–Trinajstić information content (AvgIpc) is 2.13. The van der Waals surface area contributed by atoms with Crippen LogP contribution in [0.15, 0.2) is 0 Å². The zero-order chi connectivity index (χ0) is 11.0. The lowest BCUT2D eigenvalue weighted by Crippen LogP contribution is -2.39. The molecule has 2 nitrogen and oxygen atoms in total. The van der Waals surface area contributed by atoms with Crippen molar-refractivity contribution < 1.29 is 5.11 Å².